The molecule has 0 radical (unpaired) electrons. The quantitative estimate of drug-likeness (QED) is 0.723. The largest absolute Gasteiger partial charge is 0.297 e. The molecule has 1 aromatic heterocycles. The number of aldehydes is 1. The van der Waals surface area contributed by atoms with Crippen molar-refractivity contribution in [1.29, 1.82) is 0 Å². The van der Waals surface area contributed by atoms with Crippen LogP contribution in [0, 0.1) is 13.8 Å². The van der Waals surface area contributed by atoms with Gasteiger partial charge in [-0.2, -0.15) is 0 Å². The van der Waals surface area contributed by atoms with Crippen molar-refractivity contribution in [2.24, 2.45) is 0 Å². The Morgan fingerprint density at radius 3 is 2.80 bits per heavy atom. The Morgan fingerprint density at radius 1 is 1.33 bits per heavy atom. The zero-order valence-corrected chi connectivity index (χ0v) is 9.47. The molecule has 0 fully saturated rings. The van der Waals surface area contributed by atoms with Crippen molar-refractivity contribution in [1.82, 2.24) is 4.98 Å². The molecule has 1 aromatic carbocycles. The van der Waals surface area contributed by atoms with Gasteiger partial charge in [-0.1, -0.05) is 23.8 Å². The molecule has 0 spiro atoms. The molecule has 0 saturated carbocycles. The van der Waals surface area contributed by atoms with E-state index >= 15 is 0 Å². The van der Waals surface area contributed by atoms with Gasteiger partial charge < -0.3 is 0 Å². The van der Waals surface area contributed by atoms with Crippen molar-refractivity contribution < 1.29 is 4.79 Å². The minimum Gasteiger partial charge on any atom is -0.297 e. The number of aryl methyl sites for hydroxylation is 2. The smallest absolute Gasteiger partial charge is 0.162 e. The third kappa shape index (κ3) is 1.97. The van der Waals surface area contributed by atoms with Crippen LogP contribution in [0.2, 0.25) is 0 Å². The summed E-state index contributed by atoms with van der Waals surface area (Å²) < 4.78 is 0. The Labute approximate surface area is 92.6 Å². The lowest BCUT2D eigenvalue weighted by Gasteiger charge is -1.99. The third-order valence-corrected chi connectivity index (χ3v) is 3.06. The minimum atomic E-state index is 0.707. The van der Waals surface area contributed by atoms with Crippen molar-refractivity contribution >= 4 is 17.6 Å². The van der Waals surface area contributed by atoms with Crippen LogP contribution in [-0.4, -0.2) is 11.3 Å². The summed E-state index contributed by atoms with van der Waals surface area (Å²) in [6.45, 7) is 3.94. The van der Waals surface area contributed by atoms with Gasteiger partial charge in [-0.15, -0.1) is 11.3 Å². The van der Waals surface area contributed by atoms with Gasteiger partial charge in [0.05, 0.1) is 15.6 Å². The maximum absolute atomic E-state index is 10.9. The van der Waals surface area contributed by atoms with Gasteiger partial charge in [-0.05, 0) is 19.9 Å². The third-order valence-electron chi connectivity index (χ3n) is 2.16. The maximum Gasteiger partial charge on any atom is 0.162 e. The summed E-state index contributed by atoms with van der Waals surface area (Å²) >= 11 is 1.44. The fourth-order valence-electron chi connectivity index (χ4n) is 1.52. The fraction of sp³-hybridized carbons (Fsp3) is 0.167. The lowest BCUT2D eigenvalue weighted by molar-refractivity contribution is 0.112. The molecular weight excluding hydrogens is 206 g/mol. The summed E-state index contributed by atoms with van der Waals surface area (Å²) in [4.78, 5) is 16.0. The molecule has 0 aliphatic heterocycles. The Hall–Kier alpha value is -1.48. The van der Waals surface area contributed by atoms with Crippen LogP contribution in [0.15, 0.2) is 24.3 Å². The van der Waals surface area contributed by atoms with E-state index in [-0.39, 0.29) is 0 Å². The van der Waals surface area contributed by atoms with Crippen molar-refractivity contribution in [2.75, 3.05) is 0 Å². The van der Waals surface area contributed by atoms with Crippen LogP contribution >= 0.6 is 11.3 Å². The van der Waals surface area contributed by atoms with E-state index in [9.17, 15) is 4.79 Å². The predicted octanol–water partition coefficient (Wildman–Crippen LogP) is 3.24. The molecule has 0 atom stereocenters. The van der Waals surface area contributed by atoms with Gasteiger partial charge in [-0.3, -0.25) is 4.79 Å². The molecule has 0 unspecified atom stereocenters. The second-order valence-electron chi connectivity index (χ2n) is 3.43. The molecule has 76 valence electrons. The van der Waals surface area contributed by atoms with Crippen LogP contribution in [0.3, 0.4) is 0 Å². The van der Waals surface area contributed by atoms with Gasteiger partial charge in [-0.25, -0.2) is 4.98 Å². The van der Waals surface area contributed by atoms with E-state index in [1.54, 1.807) is 0 Å². The molecule has 1 heterocycles. The number of rotatable bonds is 2. The molecule has 0 bridgehead atoms. The lowest BCUT2D eigenvalue weighted by Crippen LogP contribution is -1.84. The first-order chi connectivity index (χ1) is 7.20. The molecule has 0 aliphatic carbocycles. The summed E-state index contributed by atoms with van der Waals surface area (Å²) in [5.41, 5.74) is 2.99. The second kappa shape index (κ2) is 3.95. The van der Waals surface area contributed by atoms with Gasteiger partial charge >= 0.3 is 0 Å². The monoisotopic (exact) mass is 217 g/mol. The van der Waals surface area contributed by atoms with Crippen molar-refractivity contribution in [3.8, 4) is 11.3 Å². The molecule has 15 heavy (non-hydrogen) atoms. The summed E-state index contributed by atoms with van der Waals surface area (Å²) in [5, 5.41) is 0.925. The molecule has 2 rings (SSSR count). The number of thiazole rings is 1. The first-order valence-corrected chi connectivity index (χ1v) is 5.52. The highest BCUT2D eigenvalue weighted by Crippen LogP contribution is 2.26. The number of nitrogens with zero attached hydrogens (tertiary/aromatic N) is 1. The molecule has 0 amide bonds. The highest BCUT2D eigenvalue weighted by atomic mass is 32.1. The predicted molar refractivity (Wildman–Crippen MR) is 62.4 cm³/mol. The van der Waals surface area contributed by atoms with E-state index < -0.39 is 0 Å². The van der Waals surface area contributed by atoms with Crippen molar-refractivity contribution in [2.45, 2.75) is 13.8 Å². The molecule has 2 aromatic rings. The second-order valence-corrected chi connectivity index (χ2v) is 4.67. The van der Waals surface area contributed by atoms with Crippen LogP contribution in [0.25, 0.3) is 11.3 Å². The molecular formula is C12H11NOS. The average Bonchev–Trinajstić information content (AvgIpc) is 2.59. The number of hydrogen-bond acceptors (Lipinski definition) is 3. The zero-order chi connectivity index (χ0) is 10.8. The Bertz CT molecular complexity index is 502. The van der Waals surface area contributed by atoms with Crippen LogP contribution in [0.4, 0.5) is 0 Å². The number of aromatic nitrogens is 1. The first kappa shape index (κ1) is 10.1. The van der Waals surface area contributed by atoms with Gasteiger partial charge in [0.2, 0.25) is 0 Å². The zero-order valence-electron chi connectivity index (χ0n) is 8.65. The number of hydrogen-bond donors (Lipinski definition) is 0. The minimum absolute atomic E-state index is 0.707. The van der Waals surface area contributed by atoms with E-state index in [4.69, 9.17) is 0 Å². The lowest BCUT2D eigenvalue weighted by atomic mass is 10.1. The fourth-order valence-corrected chi connectivity index (χ4v) is 2.29. The standard InChI is InChI=1S/C12H11NOS/c1-8-4-3-5-10(6-8)12-11(7-14)15-9(2)13-12/h3-7H,1-2H3. The molecule has 2 nitrogen and oxygen atoms in total. The Balaban J connectivity index is 2.57. The van der Waals surface area contributed by atoms with Gasteiger partial charge in [0.25, 0.3) is 0 Å². The first-order valence-electron chi connectivity index (χ1n) is 4.70. The summed E-state index contributed by atoms with van der Waals surface area (Å²) in [6, 6.07) is 8.03. The maximum atomic E-state index is 10.9. The molecule has 3 heteroatoms. The van der Waals surface area contributed by atoms with Crippen LogP contribution in [0.5, 0.6) is 0 Å². The number of carbonyl (C=O) groups excluding carboxylic acids is 1. The Kier molecular flexibility index (Phi) is 2.64. The highest BCUT2D eigenvalue weighted by Gasteiger charge is 2.09. The molecule has 0 N–H and O–H groups in total. The van der Waals surface area contributed by atoms with Gasteiger partial charge in [0.15, 0.2) is 6.29 Å². The summed E-state index contributed by atoms with van der Waals surface area (Å²) in [5.74, 6) is 0. The van der Waals surface area contributed by atoms with Gasteiger partial charge in [0.1, 0.15) is 0 Å². The Morgan fingerprint density at radius 2 is 2.13 bits per heavy atom. The summed E-state index contributed by atoms with van der Waals surface area (Å²) in [7, 11) is 0. The van der Waals surface area contributed by atoms with E-state index in [2.05, 4.69) is 4.98 Å². The number of benzene rings is 1. The number of carbonyl (C=O) groups is 1. The normalized spacial score (nSPS) is 10.3. The van der Waals surface area contributed by atoms with E-state index in [1.165, 1.54) is 16.9 Å². The SMILES string of the molecule is Cc1cccc(-c2nc(C)sc2C=O)c1. The van der Waals surface area contributed by atoms with Crippen molar-refractivity contribution in [3.05, 3.63) is 39.7 Å². The summed E-state index contributed by atoms with van der Waals surface area (Å²) in [6.07, 6.45) is 0.877. The van der Waals surface area contributed by atoms with Crippen LogP contribution < -0.4 is 0 Å². The molecule has 0 saturated heterocycles. The van der Waals surface area contributed by atoms with Crippen LogP contribution in [0.1, 0.15) is 20.2 Å². The van der Waals surface area contributed by atoms with E-state index in [0.29, 0.717) is 4.88 Å². The van der Waals surface area contributed by atoms with Crippen LogP contribution in [-0.2, 0) is 0 Å². The average molecular weight is 217 g/mol. The highest BCUT2D eigenvalue weighted by molar-refractivity contribution is 7.13. The topological polar surface area (TPSA) is 30.0 Å². The van der Waals surface area contributed by atoms with E-state index in [0.717, 1.165) is 22.6 Å². The van der Waals surface area contributed by atoms with Gasteiger partial charge in [0, 0.05) is 5.56 Å². The van der Waals surface area contributed by atoms with Crippen molar-refractivity contribution in [3.63, 3.8) is 0 Å². The van der Waals surface area contributed by atoms with E-state index in [1.807, 2.05) is 38.1 Å². The molecule has 0 aliphatic rings.